The van der Waals surface area contributed by atoms with Gasteiger partial charge < -0.3 is 20.2 Å². The van der Waals surface area contributed by atoms with Gasteiger partial charge in [0.05, 0.1) is 0 Å². The maximum Gasteiger partial charge on any atom is 0.249 e. The minimum atomic E-state index is -0.682. The molecular formula is C14H26N2O4. The second-order valence-corrected chi connectivity index (χ2v) is 4.54. The number of amides is 2. The summed E-state index contributed by atoms with van der Waals surface area (Å²) in [4.78, 5) is 33.2. The van der Waals surface area contributed by atoms with E-state index < -0.39 is 6.10 Å². The van der Waals surface area contributed by atoms with Gasteiger partial charge in [0.25, 0.3) is 0 Å². The number of carbonyl (C=O) groups is 3. The summed E-state index contributed by atoms with van der Waals surface area (Å²) in [5, 5.41) is 5.32. The highest BCUT2D eigenvalue weighted by atomic mass is 16.5. The third kappa shape index (κ3) is 9.49. The lowest BCUT2D eigenvalue weighted by atomic mass is 10.2. The Morgan fingerprint density at radius 2 is 2.00 bits per heavy atom. The summed E-state index contributed by atoms with van der Waals surface area (Å²) < 4.78 is 5.32. The predicted molar refractivity (Wildman–Crippen MR) is 76.3 cm³/mol. The Labute approximate surface area is 120 Å². The van der Waals surface area contributed by atoms with Crippen LogP contribution in [0.4, 0.5) is 0 Å². The second kappa shape index (κ2) is 12.6. The first-order chi connectivity index (χ1) is 9.65. The fraction of sp³-hybridized carbons (Fsp3) is 0.786. The third-order valence-corrected chi connectivity index (χ3v) is 2.78. The molecule has 0 heterocycles. The average Bonchev–Trinajstić information content (AvgIpc) is 2.46. The van der Waals surface area contributed by atoms with Crippen LogP contribution in [0.1, 0.15) is 45.4 Å². The highest BCUT2D eigenvalue weighted by Crippen LogP contribution is 2.01. The van der Waals surface area contributed by atoms with Crippen molar-refractivity contribution in [2.75, 3.05) is 20.2 Å². The van der Waals surface area contributed by atoms with Crippen LogP contribution in [0.25, 0.3) is 0 Å². The highest BCUT2D eigenvalue weighted by Gasteiger charge is 2.17. The number of carbonyl (C=O) groups excluding carboxylic acids is 3. The van der Waals surface area contributed by atoms with Crippen LogP contribution >= 0.6 is 0 Å². The summed E-state index contributed by atoms with van der Waals surface area (Å²) in [7, 11) is 1.62. The third-order valence-electron chi connectivity index (χ3n) is 2.78. The maximum absolute atomic E-state index is 11.8. The molecule has 2 N–H and O–H groups in total. The molecule has 0 saturated carbocycles. The van der Waals surface area contributed by atoms with E-state index in [2.05, 4.69) is 10.6 Å². The summed E-state index contributed by atoms with van der Waals surface area (Å²) in [5.74, 6) is -0.204. The predicted octanol–water partition coefficient (Wildman–Crippen LogP) is 0.793. The van der Waals surface area contributed by atoms with Crippen molar-refractivity contribution in [1.29, 1.82) is 0 Å². The van der Waals surface area contributed by atoms with Crippen LogP contribution in [0.3, 0.4) is 0 Å². The van der Waals surface area contributed by atoms with Gasteiger partial charge in [-0.25, -0.2) is 0 Å². The summed E-state index contributed by atoms with van der Waals surface area (Å²) in [6.07, 6.45) is 3.91. The molecule has 0 aliphatic heterocycles. The highest BCUT2D eigenvalue weighted by molar-refractivity contribution is 5.83. The van der Waals surface area contributed by atoms with Crippen LogP contribution in [-0.2, 0) is 19.1 Å². The van der Waals surface area contributed by atoms with Gasteiger partial charge in [0.2, 0.25) is 11.8 Å². The van der Waals surface area contributed by atoms with Gasteiger partial charge in [-0.1, -0.05) is 13.3 Å². The molecule has 2 amide bonds. The molecule has 0 radical (unpaired) electrons. The first kappa shape index (κ1) is 18.6. The average molecular weight is 286 g/mol. The van der Waals surface area contributed by atoms with Gasteiger partial charge in [0, 0.05) is 33.0 Å². The molecule has 1 unspecified atom stereocenters. The summed E-state index contributed by atoms with van der Waals surface area (Å²) >= 11 is 0. The topological polar surface area (TPSA) is 84.5 Å². The van der Waals surface area contributed by atoms with Crippen molar-refractivity contribution in [3.63, 3.8) is 0 Å². The Hall–Kier alpha value is -1.43. The number of rotatable bonds is 12. The minimum Gasteiger partial charge on any atom is -0.368 e. The van der Waals surface area contributed by atoms with Crippen LogP contribution in [0.15, 0.2) is 0 Å². The largest absolute Gasteiger partial charge is 0.368 e. The Balaban J connectivity index is 3.72. The molecular weight excluding hydrogens is 260 g/mol. The van der Waals surface area contributed by atoms with E-state index >= 15 is 0 Å². The molecule has 0 bridgehead atoms. The molecule has 20 heavy (non-hydrogen) atoms. The SMILES string of the molecule is CCCOC(CC=O)C(=O)NCCCCCC(=O)NC. The molecule has 6 nitrogen and oxygen atoms in total. The molecule has 1 atom stereocenters. The fourth-order valence-corrected chi connectivity index (χ4v) is 1.64. The molecule has 6 heteroatoms. The van der Waals surface area contributed by atoms with E-state index in [0.717, 1.165) is 25.7 Å². The van der Waals surface area contributed by atoms with Gasteiger partial charge in [-0.05, 0) is 19.3 Å². The lowest BCUT2D eigenvalue weighted by Crippen LogP contribution is -2.37. The van der Waals surface area contributed by atoms with Crippen molar-refractivity contribution in [3.8, 4) is 0 Å². The Bertz CT molecular complexity index is 295. The van der Waals surface area contributed by atoms with Crippen molar-refractivity contribution < 1.29 is 19.1 Å². The second-order valence-electron chi connectivity index (χ2n) is 4.54. The lowest BCUT2D eigenvalue weighted by molar-refractivity contribution is -0.135. The smallest absolute Gasteiger partial charge is 0.249 e. The van der Waals surface area contributed by atoms with Gasteiger partial charge in [0.1, 0.15) is 12.4 Å². The van der Waals surface area contributed by atoms with Gasteiger partial charge >= 0.3 is 0 Å². The van der Waals surface area contributed by atoms with Crippen molar-refractivity contribution in [2.45, 2.75) is 51.6 Å². The van der Waals surface area contributed by atoms with Gasteiger partial charge in [-0.15, -0.1) is 0 Å². The molecule has 0 fully saturated rings. The number of nitrogens with one attached hydrogen (secondary N) is 2. The van der Waals surface area contributed by atoms with Crippen LogP contribution in [0.2, 0.25) is 0 Å². The fourth-order valence-electron chi connectivity index (χ4n) is 1.64. The standard InChI is InChI=1S/C14H26N2O4/c1-3-11-20-12(8-10-17)14(19)16-9-6-4-5-7-13(18)15-2/h10,12H,3-9,11H2,1-2H3,(H,15,18)(H,16,19). The van der Waals surface area contributed by atoms with Crippen molar-refractivity contribution >= 4 is 18.1 Å². The molecule has 0 aliphatic carbocycles. The molecule has 0 aromatic carbocycles. The molecule has 116 valence electrons. The van der Waals surface area contributed by atoms with Crippen molar-refractivity contribution in [3.05, 3.63) is 0 Å². The zero-order chi connectivity index (χ0) is 15.2. The molecule has 0 aliphatic rings. The van der Waals surface area contributed by atoms with E-state index in [0.29, 0.717) is 25.9 Å². The molecule has 0 rings (SSSR count). The zero-order valence-corrected chi connectivity index (χ0v) is 12.4. The number of aldehydes is 1. The van der Waals surface area contributed by atoms with Crippen molar-refractivity contribution in [2.24, 2.45) is 0 Å². The monoisotopic (exact) mass is 286 g/mol. The Morgan fingerprint density at radius 1 is 1.25 bits per heavy atom. The molecule has 0 aromatic heterocycles. The van der Waals surface area contributed by atoms with Crippen LogP contribution in [0.5, 0.6) is 0 Å². The summed E-state index contributed by atoms with van der Waals surface area (Å²) in [5.41, 5.74) is 0. The van der Waals surface area contributed by atoms with Crippen LogP contribution < -0.4 is 10.6 Å². The first-order valence-electron chi connectivity index (χ1n) is 7.19. The first-order valence-corrected chi connectivity index (χ1v) is 7.19. The van der Waals surface area contributed by atoms with Gasteiger partial charge in [-0.3, -0.25) is 9.59 Å². The van der Waals surface area contributed by atoms with Crippen LogP contribution in [-0.4, -0.2) is 44.4 Å². The number of hydrogen-bond donors (Lipinski definition) is 2. The zero-order valence-electron chi connectivity index (χ0n) is 12.4. The van der Waals surface area contributed by atoms with Crippen LogP contribution in [0, 0.1) is 0 Å². The van der Waals surface area contributed by atoms with E-state index in [9.17, 15) is 14.4 Å². The van der Waals surface area contributed by atoms with Gasteiger partial charge in [0.15, 0.2) is 0 Å². The maximum atomic E-state index is 11.8. The van der Waals surface area contributed by atoms with E-state index in [1.165, 1.54) is 0 Å². The van der Waals surface area contributed by atoms with E-state index in [4.69, 9.17) is 4.74 Å². The normalized spacial score (nSPS) is 11.7. The summed E-state index contributed by atoms with van der Waals surface area (Å²) in [6.45, 7) is 2.96. The Morgan fingerprint density at radius 3 is 2.60 bits per heavy atom. The van der Waals surface area contributed by atoms with E-state index in [-0.39, 0.29) is 18.2 Å². The Kier molecular flexibility index (Phi) is 11.7. The number of hydrogen-bond acceptors (Lipinski definition) is 4. The van der Waals surface area contributed by atoms with Gasteiger partial charge in [-0.2, -0.15) is 0 Å². The van der Waals surface area contributed by atoms with E-state index in [1.807, 2.05) is 6.92 Å². The van der Waals surface area contributed by atoms with E-state index in [1.54, 1.807) is 7.05 Å². The number of ether oxygens (including phenoxy) is 1. The molecule has 0 saturated heterocycles. The number of unbranched alkanes of at least 4 members (excludes halogenated alkanes) is 2. The lowest BCUT2D eigenvalue weighted by Gasteiger charge is -2.14. The summed E-state index contributed by atoms with van der Waals surface area (Å²) in [6, 6.07) is 0. The molecule has 0 aromatic rings. The minimum absolute atomic E-state index is 0.0352. The molecule has 0 spiro atoms. The quantitative estimate of drug-likeness (QED) is 0.410. The van der Waals surface area contributed by atoms with Crippen molar-refractivity contribution in [1.82, 2.24) is 10.6 Å².